The van der Waals surface area contributed by atoms with Crippen LogP contribution in [0.5, 0.6) is 0 Å². The molecule has 0 aromatic carbocycles. The van der Waals surface area contributed by atoms with E-state index in [4.69, 9.17) is 0 Å². The maximum Gasteiger partial charge on any atom is 0.339 e. The minimum atomic E-state index is -0.274. The van der Waals surface area contributed by atoms with Gasteiger partial charge in [0.1, 0.15) is 0 Å². The number of hydrogen-bond donors (Lipinski definition) is 0. The first-order valence-electron chi connectivity index (χ1n) is 2.98. The van der Waals surface area contributed by atoms with Crippen LogP contribution in [0, 0.1) is 6.92 Å². The van der Waals surface area contributed by atoms with Crippen LogP contribution in [0.25, 0.3) is 0 Å². The van der Waals surface area contributed by atoms with Gasteiger partial charge in [0.05, 0.1) is 16.5 Å². The maximum atomic E-state index is 11.0. The standard InChI is InChI=1S/C7H7BrO2S/c1-4-5(7(9)10-2)3-11-6(4)8/h3H,1-2H3. The molecule has 0 fully saturated rings. The molecule has 0 bridgehead atoms. The predicted octanol–water partition coefficient (Wildman–Crippen LogP) is 2.61. The molecule has 0 radical (unpaired) electrons. The topological polar surface area (TPSA) is 26.3 Å². The summed E-state index contributed by atoms with van der Waals surface area (Å²) in [7, 11) is 1.38. The first kappa shape index (κ1) is 8.74. The van der Waals surface area contributed by atoms with Crippen LogP contribution >= 0.6 is 27.3 Å². The van der Waals surface area contributed by atoms with Crippen molar-refractivity contribution in [3.05, 3.63) is 20.3 Å². The Morgan fingerprint density at radius 3 is 2.73 bits per heavy atom. The highest BCUT2D eigenvalue weighted by atomic mass is 79.9. The Balaban J connectivity index is 3.04. The predicted molar refractivity (Wildman–Crippen MR) is 48.1 cm³/mol. The first-order chi connectivity index (χ1) is 5.16. The van der Waals surface area contributed by atoms with Gasteiger partial charge in [-0.05, 0) is 28.4 Å². The van der Waals surface area contributed by atoms with E-state index in [1.807, 2.05) is 6.92 Å². The molecular formula is C7H7BrO2S. The Kier molecular flexibility index (Phi) is 2.67. The van der Waals surface area contributed by atoms with Crippen molar-refractivity contribution in [1.29, 1.82) is 0 Å². The van der Waals surface area contributed by atoms with Crippen LogP contribution in [0.2, 0.25) is 0 Å². The highest BCUT2D eigenvalue weighted by Gasteiger charge is 2.12. The highest BCUT2D eigenvalue weighted by Crippen LogP contribution is 2.27. The van der Waals surface area contributed by atoms with Crippen molar-refractivity contribution in [3.8, 4) is 0 Å². The number of methoxy groups -OCH3 is 1. The van der Waals surface area contributed by atoms with Crippen molar-refractivity contribution in [1.82, 2.24) is 0 Å². The summed E-state index contributed by atoms with van der Waals surface area (Å²) >= 11 is 4.81. The Hall–Kier alpha value is -0.350. The van der Waals surface area contributed by atoms with Gasteiger partial charge in [-0.15, -0.1) is 11.3 Å². The molecule has 0 saturated heterocycles. The van der Waals surface area contributed by atoms with Gasteiger partial charge in [0.15, 0.2) is 0 Å². The van der Waals surface area contributed by atoms with E-state index in [-0.39, 0.29) is 5.97 Å². The van der Waals surface area contributed by atoms with Crippen LogP contribution in [0.1, 0.15) is 15.9 Å². The molecule has 0 aliphatic heterocycles. The normalized spacial score (nSPS) is 9.73. The lowest BCUT2D eigenvalue weighted by Gasteiger charge is -1.95. The number of thiophene rings is 1. The molecule has 1 aromatic heterocycles. The Labute approximate surface area is 77.3 Å². The Morgan fingerprint density at radius 1 is 1.73 bits per heavy atom. The molecule has 0 unspecified atom stereocenters. The molecular weight excluding hydrogens is 228 g/mol. The fourth-order valence-corrected chi connectivity index (χ4v) is 1.98. The van der Waals surface area contributed by atoms with E-state index in [2.05, 4.69) is 20.7 Å². The van der Waals surface area contributed by atoms with Gasteiger partial charge in [-0.2, -0.15) is 0 Å². The summed E-state index contributed by atoms with van der Waals surface area (Å²) < 4.78 is 5.56. The number of carbonyl (C=O) groups excluding carboxylic acids is 1. The maximum absolute atomic E-state index is 11.0. The second kappa shape index (κ2) is 3.36. The van der Waals surface area contributed by atoms with E-state index in [1.165, 1.54) is 18.4 Å². The van der Waals surface area contributed by atoms with E-state index in [9.17, 15) is 4.79 Å². The van der Waals surface area contributed by atoms with Gasteiger partial charge in [-0.25, -0.2) is 4.79 Å². The minimum Gasteiger partial charge on any atom is -0.465 e. The molecule has 0 spiro atoms. The summed E-state index contributed by atoms with van der Waals surface area (Å²) in [5.74, 6) is -0.274. The zero-order valence-corrected chi connectivity index (χ0v) is 8.58. The van der Waals surface area contributed by atoms with Gasteiger partial charge < -0.3 is 4.74 Å². The lowest BCUT2D eigenvalue weighted by Crippen LogP contribution is -2.00. The molecule has 1 aromatic rings. The van der Waals surface area contributed by atoms with Crippen LogP contribution in [0.4, 0.5) is 0 Å². The molecule has 0 aliphatic carbocycles. The van der Waals surface area contributed by atoms with E-state index in [1.54, 1.807) is 5.38 Å². The molecule has 4 heteroatoms. The summed E-state index contributed by atoms with van der Waals surface area (Å²) in [6, 6.07) is 0. The fraction of sp³-hybridized carbons (Fsp3) is 0.286. The largest absolute Gasteiger partial charge is 0.465 e. The van der Waals surface area contributed by atoms with Crippen LogP contribution in [0.3, 0.4) is 0 Å². The van der Waals surface area contributed by atoms with Crippen molar-refractivity contribution >= 4 is 33.2 Å². The SMILES string of the molecule is COC(=O)c1csc(Br)c1C. The average molecular weight is 235 g/mol. The number of carbonyl (C=O) groups is 1. The number of hydrogen-bond acceptors (Lipinski definition) is 3. The van der Waals surface area contributed by atoms with Crippen molar-refractivity contribution < 1.29 is 9.53 Å². The van der Waals surface area contributed by atoms with Crippen molar-refractivity contribution in [3.63, 3.8) is 0 Å². The van der Waals surface area contributed by atoms with Gasteiger partial charge in [0, 0.05) is 5.38 Å². The number of ether oxygens (including phenoxy) is 1. The smallest absolute Gasteiger partial charge is 0.339 e. The Morgan fingerprint density at radius 2 is 2.36 bits per heavy atom. The minimum absolute atomic E-state index is 0.274. The summed E-state index contributed by atoms with van der Waals surface area (Å²) in [5, 5.41) is 1.78. The van der Waals surface area contributed by atoms with Crippen LogP contribution < -0.4 is 0 Å². The molecule has 11 heavy (non-hydrogen) atoms. The zero-order valence-electron chi connectivity index (χ0n) is 6.18. The van der Waals surface area contributed by atoms with Gasteiger partial charge in [-0.1, -0.05) is 0 Å². The summed E-state index contributed by atoms with van der Waals surface area (Å²) in [6.07, 6.45) is 0. The third-order valence-electron chi connectivity index (χ3n) is 1.38. The van der Waals surface area contributed by atoms with E-state index < -0.39 is 0 Å². The van der Waals surface area contributed by atoms with Crippen molar-refractivity contribution in [2.45, 2.75) is 6.92 Å². The third-order valence-corrected chi connectivity index (χ3v) is 3.41. The fourth-order valence-electron chi connectivity index (χ4n) is 0.704. The van der Waals surface area contributed by atoms with Crippen molar-refractivity contribution in [2.24, 2.45) is 0 Å². The summed E-state index contributed by atoms with van der Waals surface area (Å²) in [6.45, 7) is 1.88. The molecule has 0 saturated carbocycles. The molecule has 0 aliphatic rings. The highest BCUT2D eigenvalue weighted by molar-refractivity contribution is 9.11. The molecule has 1 rings (SSSR count). The van der Waals surface area contributed by atoms with Gasteiger partial charge >= 0.3 is 5.97 Å². The zero-order chi connectivity index (χ0) is 8.43. The molecule has 2 nitrogen and oxygen atoms in total. The van der Waals surface area contributed by atoms with Crippen LogP contribution in [-0.2, 0) is 4.74 Å². The van der Waals surface area contributed by atoms with Crippen LogP contribution in [0.15, 0.2) is 9.17 Å². The quantitative estimate of drug-likeness (QED) is 0.699. The molecule has 0 atom stereocenters. The second-order valence-electron chi connectivity index (χ2n) is 2.04. The summed E-state index contributed by atoms with van der Waals surface area (Å²) in [4.78, 5) is 11.0. The molecule has 1 heterocycles. The average Bonchev–Trinajstić information content (AvgIpc) is 2.32. The van der Waals surface area contributed by atoms with Gasteiger partial charge in [0.2, 0.25) is 0 Å². The van der Waals surface area contributed by atoms with E-state index >= 15 is 0 Å². The van der Waals surface area contributed by atoms with E-state index in [0.717, 1.165) is 9.35 Å². The Bertz CT molecular complexity index is 280. The molecule has 60 valence electrons. The lowest BCUT2D eigenvalue weighted by molar-refractivity contribution is 0.0600. The first-order valence-corrected chi connectivity index (χ1v) is 4.66. The number of rotatable bonds is 1. The van der Waals surface area contributed by atoms with Crippen molar-refractivity contribution in [2.75, 3.05) is 7.11 Å². The molecule has 0 amide bonds. The van der Waals surface area contributed by atoms with E-state index in [0.29, 0.717) is 5.56 Å². The lowest BCUT2D eigenvalue weighted by atomic mass is 10.2. The van der Waals surface area contributed by atoms with Gasteiger partial charge in [-0.3, -0.25) is 0 Å². The second-order valence-corrected chi connectivity index (χ2v) is 4.24. The third kappa shape index (κ3) is 1.62. The van der Waals surface area contributed by atoms with Gasteiger partial charge in [0.25, 0.3) is 0 Å². The monoisotopic (exact) mass is 234 g/mol. The summed E-state index contributed by atoms with van der Waals surface area (Å²) in [5.41, 5.74) is 1.59. The number of halogens is 1. The molecule has 0 N–H and O–H groups in total. The number of esters is 1. The van der Waals surface area contributed by atoms with Crippen LogP contribution in [-0.4, -0.2) is 13.1 Å².